The highest BCUT2D eigenvalue weighted by Crippen LogP contribution is 2.09. The fraction of sp³-hybridized carbons (Fsp3) is 0.476. The number of hydrogen-bond acceptors (Lipinski definition) is 5. The van der Waals surface area contributed by atoms with E-state index in [4.69, 9.17) is 4.99 Å². The summed E-state index contributed by atoms with van der Waals surface area (Å²) in [4.78, 5) is 18.1. The molecule has 0 atom stereocenters. The summed E-state index contributed by atoms with van der Waals surface area (Å²) in [7, 11) is 0. The van der Waals surface area contributed by atoms with Gasteiger partial charge in [0.05, 0.1) is 6.54 Å². The van der Waals surface area contributed by atoms with Gasteiger partial charge >= 0.3 is 0 Å². The van der Waals surface area contributed by atoms with Crippen LogP contribution in [0.15, 0.2) is 53.8 Å². The third-order valence-corrected chi connectivity index (χ3v) is 4.79. The Morgan fingerprint density at radius 2 is 1.75 bits per heavy atom. The topological polar surface area (TPSA) is 68.7 Å². The third kappa shape index (κ3) is 6.49. The van der Waals surface area contributed by atoms with Gasteiger partial charge in [-0.05, 0) is 25.0 Å². The summed E-state index contributed by atoms with van der Waals surface area (Å²) in [6.07, 6.45) is 4.60. The first-order valence-electron chi connectivity index (χ1n) is 10.2. The lowest BCUT2D eigenvalue weighted by molar-refractivity contribution is 0.263. The molecule has 1 fully saturated rings. The number of anilines is 1. The van der Waals surface area contributed by atoms with Crippen molar-refractivity contribution in [1.82, 2.24) is 25.5 Å². The van der Waals surface area contributed by atoms with E-state index in [2.05, 4.69) is 67.7 Å². The van der Waals surface area contributed by atoms with E-state index in [1.54, 1.807) is 12.4 Å². The van der Waals surface area contributed by atoms with Gasteiger partial charge in [-0.2, -0.15) is 0 Å². The van der Waals surface area contributed by atoms with Crippen molar-refractivity contribution in [2.45, 2.75) is 13.3 Å². The van der Waals surface area contributed by atoms with E-state index < -0.39 is 0 Å². The number of hydrogen-bond donors (Lipinski definition) is 2. The van der Waals surface area contributed by atoms with Crippen LogP contribution >= 0.6 is 0 Å². The quantitative estimate of drug-likeness (QED) is 0.532. The maximum absolute atomic E-state index is 4.73. The summed E-state index contributed by atoms with van der Waals surface area (Å²) in [5.74, 6) is 1.73. The number of guanidine groups is 1. The van der Waals surface area contributed by atoms with Crippen LogP contribution in [0.3, 0.4) is 0 Å². The Hall–Kier alpha value is -2.67. The van der Waals surface area contributed by atoms with Crippen molar-refractivity contribution in [3.05, 3.63) is 54.4 Å². The molecule has 1 aliphatic heterocycles. The van der Waals surface area contributed by atoms with Crippen LogP contribution < -0.4 is 15.5 Å². The molecule has 1 saturated heterocycles. The van der Waals surface area contributed by atoms with E-state index >= 15 is 0 Å². The van der Waals surface area contributed by atoms with Gasteiger partial charge in [-0.25, -0.2) is 9.97 Å². The minimum absolute atomic E-state index is 0.794. The van der Waals surface area contributed by atoms with Gasteiger partial charge in [0, 0.05) is 58.2 Å². The Kier molecular flexibility index (Phi) is 8.06. The summed E-state index contributed by atoms with van der Waals surface area (Å²) >= 11 is 0. The van der Waals surface area contributed by atoms with E-state index in [1.165, 1.54) is 5.56 Å². The molecule has 3 rings (SSSR count). The Bertz CT molecular complexity index is 697. The van der Waals surface area contributed by atoms with Crippen molar-refractivity contribution in [1.29, 1.82) is 0 Å². The molecule has 1 aromatic heterocycles. The van der Waals surface area contributed by atoms with Crippen LogP contribution in [-0.2, 0) is 6.42 Å². The van der Waals surface area contributed by atoms with Crippen molar-refractivity contribution in [3.63, 3.8) is 0 Å². The van der Waals surface area contributed by atoms with Gasteiger partial charge in [0.15, 0.2) is 5.96 Å². The third-order valence-electron chi connectivity index (χ3n) is 4.79. The van der Waals surface area contributed by atoms with Gasteiger partial charge in [-0.1, -0.05) is 30.3 Å². The molecule has 28 heavy (non-hydrogen) atoms. The predicted octanol–water partition coefficient (Wildman–Crippen LogP) is 1.40. The number of aromatic nitrogens is 2. The SMILES string of the molecule is CCNC(=NCCN1CCN(c2ncccn2)CC1)NCCc1ccccc1. The standard InChI is InChI=1S/C21H31N7/c1-2-22-20(23-12-9-19-7-4-3-5-8-19)24-13-14-27-15-17-28(18-16-27)21-25-10-6-11-26-21/h3-8,10-11H,2,9,12-18H2,1H3,(H2,22,23,24). The van der Waals surface area contributed by atoms with Crippen LogP contribution in [0, 0.1) is 0 Å². The second kappa shape index (κ2) is 11.2. The lowest BCUT2D eigenvalue weighted by atomic mass is 10.1. The number of piperazine rings is 1. The molecule has 0 saturated carbocycles. The van der Waals surface area contributed by atoms with Crippen LogP contribution in [0.5, 0.6) is 0 Å². The summed E-state index contributed by atoms with van der Waals surface area (Å²) in [6.45, 7) is 9.57. The average molecular weight is 382 g/mol. The minimum atomic E-state index is 0.794. The molecule has 7 nitrogen and oxygen atoms in total. The zero-order valence-electron chi connectivity index (χ0n) is 16.7. The molecule has 0 bridgehead atoms. The number of nitrogens with zero attached hydrogens (tertiary/aromatic N) is 5. The Morgan fingerprint density at radius 1 is 1.00 bits per heavy atom. The van der Waals surface area contributed by atoms with Crippen molar-refractivity contribution < 1.29 is 0 Å². The van der Waals surface area contributed by atoms with Crippen molar-refractivity contribution in [2.24, 2.45) is 4.99 Å². The van der Waals surface area contributed by atoms with E-state index in [9.17, 15) is 0 Å². The molecule has 150 valence electrons. The van der Waals surface area contributed by atoms with E-state index in [1.807, 2.05) is 6.07 Å². The molecule has 0 amide bonds. The lowest BCUT2D eigenvalue weighted by Gasteiger charge is -2.34. The van der Waals surface area contributed by atoms with Crippen LogP contribution in [0.2, 0.25) is 0 Å². The zero-order valence-corrected chi connectivity index (χ0v) is 16.7. The highest BCUT2D eigenvalue weighted by atomic mass is 15.3. The van der Waals surface area contributed by atoms with Crippen molar-refractivity contribution >= 4 is 11.9 Å². The van der Waals surface area contributed by atoms with Gasteiger partial charge in [0.1, 0.15) is 0 Å². The number of nitrogens with one attached hydrogen (secondary N) is 2. The first-order valence-corrected chi connectivity index (χ1v) is 10.2. The fourth-order valence-corrected chi connectivity index (χ4v) is 3.24. The number of benzene rings is 1. The molecule has 0 unspecified atom stereocenters. The van der Waals surface area contributed by atoms with E-state index in [0.29, 0.717) is 0 Å². The monoisotopic (exact) mass is 381 g/mol. The van der Waals surface area contributed by atoms with Gasteiger partial charge in [0.2, 0.25) is 5.95 Å². The van der Waals surface area contributed by atoms with E-state index in [-0.39, 0.29) is 0 Å². The number of aliphatic imine (C=N–C) groups is 1. The molecular weight excluding hydrogens is 350 g/mol. The van der Waals surface area contributed by atoms with Gasteiger partial charge in [-0.15, -0.1) is 0 Å². The van der Waals surface area contributed by atoms with Crippen LogP contribution in [0.25, 0.3) is 0 Å². The predicted molar refractivity (Wildman–Crippen MR) is 115 cm³/mol. The Labute approximate surface area is 167 Å². The normalized spacial score (nSPS) is 15.5. The molecule has 7 heteroatoms. The Balaban J connectivity index is 1.38. The van der Waals surface area contributed by atoms with Crippen molar-refractivity contribution in [2.75, 3.05) is 57.3 Å². The highest BCUT2D eigenvalue weighted by molar-refractivity contribution is 5.79. The van der Waals surface area contributed by atoms with Crippen molar-refractivity contribution in [3.8, 4) is 0 Å². The maximum atomic E-state index is 4.73. The smallest absolute Gasteiger partial charge is 0.225 e. The van der Waals surface area contributed by atoms with Crippen LogP contribution in [0.1, 0.15) is 12.5 Å². The molecule has 0 aliphatic carbocycles. The Morgan fingerprint density at radius 3 is 2.46 bits per heavy atom. The fourth-order valence-electron chi connectivity index (χ4n) is 3.24. The van der Waals surface area contributed by atoms with Gasteiger partial charge < -0.3 is 15.5 Å². The number of rotatable bonds is 8. The van der Waals surface area contributed by atoms with Gasteiger partial charge in [-0.3, -0.25) is 9.89 Å². The van der Waals surface area contributed by atoms with Gasteiger partial charge in [0.25, 0.3) is 0 Å². The molecule has 2 N–H and O–H groups in total. The van der Waals surface area contributed by atoms with Crippen LogP contribution in [-0.4, -0.2) is 73.2 Å². The molecule has 2 aromatic rings. The van der Waals surface area contributed by atoms with E-state index in [0.717, 1.165) is 70.7 Å². The summed E-state index contributed by atoms with van der Waals surface area (Å²) in [5.41, 5.74) is 1.34. The second-order valence-electron chi connectivity index (χ2n) is 6.80. The minimum Gasteiger partial charge on any atom is -0.357 e. The second-order valence-corrected chi connectivity index (χ2v) is 6.80. The summed E-state index contributed by atoms with van der Waals surface area (Å²) in [5, 5.41) is 6.76. The molecule has 1 aliphatic rings. The molecule has 0 spiro atoms. The largest absolute Gasteiger partial charge is 0.357 e. The summed E-state index contributed by atoms with van der Waals surface area (Å²) < 4.78 is 0. The first kappa shape index (κ1) is 20.1. The summed E-state index contributed by atoms with van der Waals surface area (Å²) in [6, 6.07) is 12.4. The first-order chi connectivity index (χ1) is 13.8. The highest BCUT2D eigenvalue weighted by Gasteiger charge is 2.18. The lowest BCUT2D eigenvalue weighted by Crippen LogP contribution is -2.47. The molecule has 2 heterocycles. The molecule has 0 radical (unpaired) electrons. The van der Waals surface area contributed by atoms with Crippen LogP contribution in [0.4, 0.5) is 5.95 Å². The molecular formula is C21H31N7. The molecule has 1 aromatic carbocycles. The zero-order chi connectivity index (χ0) is 19.4. The maximum Gasteiger partial charge on any atom is 0.225 e. The average Bonchev–Trinajstić information content (AvgIpc) is 2.76.